The lowest BCUT2D eigenvalue weighted by Crippen LogP contribution is -2.44. The van der Waals surface area contributed by atoms with Gasteiger partial charge in [-0.3, -0.25) is 10.1 Å². The topological polar surface area (TPSA) is 89.6 Å². The number of aromatic amines is 2. The molecule has 1 aliphatic rings. The molecule has 6 rings (SSSR count). The standard InChI is InChI=1S/C23H22N8/c1-30-7-9-31(10-8-30)17-11-16(13-24-14-17)15-4-5-19-18(12-15)21(29-28-19)23-26-20-3-2-6-25-22(20)27-23/h2-6,11-14H,7-10H2,1H3,(H,28,29)(H,25,26,27). The molecule has 1 aromatic carbocycles. The van der Waals surface area contributed by atoms with Crippen molar-refractivity contribution >= 4 is 27.8 Å². The lowest BCUT2D eigenvalue weighted by Gasteiger charge is -2.34. The van der Waals surface area contributed by atoms with Gasteiger partial charge in [0, 0.05) is 49.5 Å². The summed E-state index contributed by atoms with van der Waals surface area (Å²) in [6, 6.07) is 12.4. The fourth-order valence-electron chi connectivity index (χ4n) is 4.15. The second-order valence-electron chi connectivity index (χ2n) is 8.01. The van der Waals surface area contributed by atoms with Crippen molar-refractivity contribution < 1.29 is 0 Å². The number of fused-ring (bicyclic) bond motifs is 2. The number of nitrogens with one attached hydrogen (secondary N) is 2. The van der Waals surface area contributed by atoms with Crippen LogP contribution in [0.3, 0.4) is 0 Å². The molecule has 31 heavy (non-hydrogen) atoms. The normalized spacial score (nSPS) is 15.2. The Bertz CT molecular complexity index is 1340. The van der Waals surface area contributed by atoms with E-state index in [4.69, 9.17) is 0 Å². The Morgan fingerprint density at radius 2 is 1.84 bits per heavy atom. The van der Waals surface area contributed by atoms with Gasteiger partial charge in [-0.15, -0.1) is 0 Å². The van der Waals surface area contributed by atoms with Crippen LogP contribution in [0.1, 0.15) is 0 Å². The van der Waals surface area contributed by atoms with Crippen LogP contribution in [0.15, 0.2) is 55.0 Å². The highest BCUT2D eigenvalue weighted by molar-refractivity contribution is 5.95. The van der Waals surface area contributed by atoms with Crippen LogP contribution in [0.25, 0.3) is 44.7 Å². The second-order valence-corrected chi connectivity index (χ2v) is 8.01. The number of pyridine rings is 2. The van der Waals surface area contributed by atoms with Crippen LogP contribution in [-0.4, -0.2) is 68.3 Å². The van der Waals surface area contributed by atoms with Gasteiger partial charge in [0.1, 0.15) is 5.69 Å². The molecule has 5 aromatic rings. The predicted molar refractivity (Wildman–Crippen MR) is 122 cm³/mol. The molecule has 1 fully saturated rings. The number of likely N-dealkylation sites (N-methyl/N-ethyl adjacent to an activating group) is 1. The van der Waals surface area contributed by atoms with Gasteiger partial charge in [0.15, 0.2) is 11.5 Å². The monoisotopic (exact) mass is 410 g/mol. The number of H-pyrrole nitrogens is 2. The Balaban J connectivity index is 1.39. The highest BCUT2D eigenvalue weighted by Crippen LogP contribution is 2.31. The molecule has 4 aromatic heterocycles. The Morgan fingerprint density at radius 1 is 0.935 bits per heavy atom. The largest absolute Gasteiger partial charge is 0.368 e. The maximum atomic E-state index is 4.62. The zero-order chi connectivity index (χ0) is 20.8. The van der Waals surface area contributed by atoms with Crippen molar-refractivity contribution in [1.82, 2.24) is 35.0 Å². The minimum absolute atomic E-state index is 0.689. The van der Waals surface area contributed by atoms with Crippen LogP contribution in [0.2, 0.25) is 0 Å². The van der Waals surface area contributed by atoms with E-state index in [2.05, 4.69) is 71.2 Å². The molecule has 154 valence electrons. The van der Waals surface area contributed by atoms with Crippen molar-refractivity contribution in [3.05, 3.63) is 55.0 Å². The SMILES string of the molecule is CN1CCN(c2cncc(-c3ccc4[nH]nc(-c5nc6ncccc6[nH]5)c4c3)c2)CC1. The number of hydrogen-bond acceptors (Lipinski definition) is 6. The number of aromatic nitrogens is 6. The molecule has 0 spiro atoms. The summed E-state index contributed by atoms with van der Waals surface area (Å²) < 4.78 is 0. The Kier molecular flexibility index (Phi) is 4.17. The summed E-state index contributed by atoms with van der Waals surface area (Å²) in [5.41, 5.74) is 6.71. The van der Waals surface area contributed by atoms with Gasteiger partial charge in [0.25, 0.3) is 0 Å². The van der Waals surface area contributed by atoms with Crippen molar-refractivity contribution in [1.29, 1.82) is 0 Å². The van der Waals surface area contributed by atoms with Crippen LogP contribution in [0.5, 0.6) is 0 Å². The highest BCUT2D eigenvalue weighted by Gasteiger charge is 2.17. The zero-order valence-electron chi connectivity index (χ0n) is 17.2. The zero-order valence-corrected chi connectivity index (χ0v) is 17.2. The summed E-state index contributed by atoms with van der Waals surface area (Å²) in [4.78, 5) is 21.5. The molecule has 8 nitrogen and oxygen atoms in total. The molecule has 0 atom stereocenters. The molecule has 8 heteroatoms. The Morgan fingerprint density at radius 3 is 2.71 bits per heavy atom. The summed E-state index contributed by atoms with van der Waals surface area (Å²) in [6.07, 6.45) is 5.62. The third kappa shape index (κ3) is 3.21. The first-order chi connectivity index (χ1) is 15.2. The minimum atomic E-state index is 0.689. The minimum Gasteiger partial charge on any atom is -0.368 e. The number of rotatable bonds is 3. The van der Waals surface area contributed by atoms with Crippen LogP contribution in [0.4, 0.5) is 5.69 Å². The Labute approximate surface area is 179 Å². The molecule has 0 radical (unpaired) electrons. The molecule has 5 heterocycles. The number of imidazole rings is 1. The fraction of sp³-hybridized carbons (Fsp3) is 0.217. The van der Waals surface area contributed by atoms with E-state index in [1.807, 2.05) is 24.5 Å². The average molecular weight is 410 g/mol. The van der Waals surface area contributed by atoms with E-state index in [1.54, 1.807) is 6.20 Å². The molecule has 0 bridgehead atoms. The number of nitrogens with zero attached hydrogens (tertiary/aromatic N) is 6. The predicted octanol–water partition coefficient (Wildman–Crippen LogP) is 3.32. The lowest BCUT2D eigenvalue weighted by atomic mass is 10.0. The number of anilines is 1. The molecule has 0 unspecified atom stereocenters. The molecular weight excluding hydrogens is 388 g/mol. The van der Waals surface area contributed by atoms with Crippen LogP contribution < -0.4 is 4.90 Å². The van der Waals surface area contributed by atoms with Gasteiger partial charge in [0.2, 0.25) is 0 Å². The molecule has 0 aliphatic carbocycles. The van der Waals surface area contributed by atoms with Crippen molar-refractivity contribution in [3.8, 4) is 22.6 Å². The first kappa shape index (κ1) is 18.0. The summed E-state index contributed by atoms with van der Waals surface area (Å²) in [6.45, 7) is 4.18. The van der Waals surface area contributed by atoms with Crippen LogP contribution in [0, 0.1) is 0 Å². The summed E-state index contributed by atoms with van der Waals surface area (Å²) in [5.74, 6) is 0.710. The molecule has 1 aliphatic heterocycles. The molecule has 2 N–H and O–H groups in total. The van der Waals surface area contributed by atoms with Crippen molar-refractivity contribution in [2.75, 3.05) is 38.1 Å². The van der Waals surface area contributed by atoms with Gasteiger partial charge in [-0.1, -0.05) is 6.07 Å². The van der Waals surface area contributed by atoms with E-state index in [1.165, 1.54) is 5.69 Å². The highest BCUT2D eigenvalue weighted by atomic mass is 15.2. The van der Waals surface area contributed by atoms with E-state index < -0.39 is 0 Å². The summed E-state index contributed by atoms with van der Waals surface area (Å²) in [5, 5.41) is 8.65. The van der Waals surface area contributed by atoms with Gasteiger partial charge in [-0.25, -0.2) is 9.97 Å². The first-order valence-electron chi connectivity index (χ1n) is 10.4. The number of hydrogen-bond donors (Lipinski definition) is 2. The van der Waals surface area contributed by atoms with Gasteiger partial charge in [-0.2, -0.15) is 5.10 Å². The maximum absolute atomic E-state index is 4.62. The average Bonchev–Trinajstić information content (AvgIpc) is 3.43. The van der Waals surface area contributed by atoms with Gasteiger partial charge < -0.3 is 14.8 Å². The number of piperazine rings is 1. The number of benzene rings is 1. The fourth-order valence-corrected chi connectivity index (χ4v) is 4.15. The van der Waals surface area contributed by atoms with E-state index >= 15 is 0 Å². The van der Waals surface area contributed by atoms with Crippen LogP contribution >= 0.6 is 0 Å². The van der Waals surface area contributed by atoms with Crippen molar-refractivity contribution in [2.45, 2.75) is 0 Å². The van der Waals surface area contributed by atoms with Crippen LogP contribution in [-0.2, 0) is 0 Å². The third-order valence-electron chi connectivity index (χ3n) is 5.97. The third-order valence-corrected chi connectivity index (χ3v) is 5.97. The molecule has 1 saturated heterocycles. The maximum Gasteiger partial charge on any atom is 0.178 e. The van der Waals surface area contributed by atoms with Crippen molar-refractivity contribution in [3.63, 3.8) is 0 Å². The summed E-state index contributed by atoms with van der Waals surface area (Å²) >= 11 is 0. The molecule has 0 saturated carbocycles. The summed E-state index contributed by atoms with van der Waals surface area (Å²) in [7, 11) is 2.17. The van der Waals surface area contributed by atoms with E-state index in [-0.39, 0.29) is 0 Å². The quantitative estimate of drug-likeness (QED) is 0.474. The van der Waals surface area contributed by atoms with E-state index in [0.717, 1.165) is 59.4 Å². The van der Waals surface area contributed by atoms with Gasteiger partial charge in [-0.05, 0) is 42.9 Å². The first-order valence-corrected chi connectivity index (χ1v) is 10.4. The molecule has 0 amide bonds. The second kappa shape index (κ2) is 7.17. The smallest absolute Gasteiger partial charge is 0.178 e. The van der Waals surface area contributed by atoms with Crippen molar-refractivity contribution in [2.24, 2.45) is 0 Å². The van der Waals surface area contributed by atoms with Gasteiger partial charge in [0.05, 0.1) is 22.9 Å². The lowest BCUT2D eigenvalue weighted by molar-refractivity contribution is 0.313. The van der Waals surface area contributed by atoms with E-state index in [0.29, 0.717) is 11.5 Å². The Hall–Kier alpha value is -3.78. The van der Waals surface area contributed by atoms with Gasteiger partial charge >= 0.3 is 0 Å². The molecular formula is C23H22N8. The van der Waals surface area contributed by atoms with E-state index in [9.17, 15) is 0 Å².